The molecule has 3 unspecified atom stereocenters. The molecule has 25 heavy (non-hydrogen) atoms. The minimum Gasteiger partial charge on any atom is -0.307 e. The van der Waals surface area contributed by atoms with Crippen LogP contribution in [-0.2, 0) is 13.1 Å². The van der Waals surface area contributed by atoms with Crippen LogP contribution >= 0.6 is 0 Å². The fourth-order valence-corrected chi connectivity index (χ4v) is 4.46. The summed E-state index contributed by atoms with van der Waals surface area (Å²) in [6, 6.07) is 11.0. The van der Waals surface area contributed by atoms with Gasteiger partial charge >= 0.3 is 6.55 Å². The van der Waals surface area contributed by atoms with E-state index in [0.717, 1.165) is 36.5 Å². The average Bonchev–Trinajstić information content (AvgIpc) is 3.29. The summed E-state index contributed by atoms with van der Waals surface area (Å²) in [6.45, 7) is 1.10. The van der Waals surface area contributed by atoms with Gasteiger partial charge in [0.25, 0.3) is 0 Å². The van der Waals surface area contributed by atoms with E-state index in [1.54, 1.807) is 0 Å². The maximum absolute atomic E-state index is 12.9. The van der Waals surface area contributed by atoms with Crippen molar-refractivity contribution in [1.29, 1.82) is 0 Å². The zero-order valence-corrected chi connectivity index (χ0v) is 14.2. The first-order valence-corrected chi connectivity index (χ1v) is 9.00. The molecule has 1 N–H and O–H groups in total. The summed E-state index contributed by atoms with van der Waals surface area (Å²) in [6.07, 6.45) is 5.13. The van der Waals surface area contributed by atoms with Gasteiger partial charge in [-0.05, 0) is 30.2 Å². The second kappa shape index (κ2) is 7.22. The summed E-state index contributed by atoms with van der Waals surface area (Å²) in [7, 11) is 0. The van der Waals surface area contributed by atoms with E-state index in [4.69, 9.17) is 0 Å². The molecule has 1 aromatic carbocycles. The number of halogens is 2. The molecule has 2 heterocycles. The number of nitrogens with zero attached hydrogens (tertiary/aromatic N) is 3. The zero-order chi connectivity index (χ0) is 17.2. The normalized spacial score (nSPS) is 26.4. The fraction of sp³-hybridized carbons (Fsp3) is 0.526. The van der Waals surface area contributed by atoms with E-state index in [-0.39, 0.29) is 0 Å². The molecule has 1 aliphatic heterocycles. The Kier molecular flexibility index (Phi) is 4.81. The number of benzene rings is 1. The van der Waals surface area contributed by atoms with Gasteiger partial charge in [0.05, 0.1) is 6.54 Å². The van der Waals surface area contributed by atoms with Crippen molar-refractivity contribution >= 4 is 0 Å². The van der Waals surface area contributed by atoms with Crippen molar-refractivity contribution in [3.63, 3.8) is 0 Å². The molecule has 0 bridgehead atoms. The molecule has 1 aliphatic carbocycles. The van der Waals surface area contributed by atoms with Crippen LogP contribution < -0.4 is 5.32 Å². The lowest BCUT2D eigenvalue weighted by molar-refractivity contribution is 0.0663. The van der Waals surface area contributed by atoms with Gasteiger partial charge in [-0.3, -0.25) is 9.47 Å². The highest BCUT2D eigenvalue weighted by molar-refractivity contribution is 5.15. The maximum Gasteiger partial charge on any atom is 0.319 e. The van der Waals surface area contributed by atoms with Crippen LogP contribution in [0.15, 0.2) is 42.7 Å². The molecular formula is C19H24F2N4. The number of imidazole rings is 1. The van der Waals surface area contributed by atoms with Crippen LogP contribution in [0.4, 0.5) is 8.78 Å². The van der Waals surface area contributed by atoms with Crippen LogP contribution in [0.2, 0.25) is 0 Å². The fourth-order valence-electron chi connectivity index (χ4n) is 4.46. The Morgan fingerprint density at radius 2 is 2.00 bits per heavy atom. The van der Waals surface area contributed by atoms with Crippen molar-refractivity contribution in [2.24, 2.45) is 11.8 Å². The van der Waals surface area contributed by atoms with E-state index >= 15 is 0 Å². The smallest absolute Gasteiger partial charge is 0.307 e. The van der Waals surface area contributed by atoms with Crippen molar-refractivity contribution in [3.8, 4) is 0 Å². The van der Waals surface area contributed by atoms with Crippen molar-refractivity contribution < 1.29 is 8.78 Å². The number of likely N-dealkylation sites (tertiary alicyclic amines) is 1. The average molecular weight is 346 g/mol. The first-order chi connectivity index (χ1) is 12.2. The molecule has 0 radical (unpaired) electrons. The van der Waals surface area contributed by atoms with Crippen molar-refractivity contribution in [3.05, 3.63) is 54.1 Å². The van der Waals surface area contributed by atoms with Crippen molar-refractivity contribution in [2.45, 2.75) is 38.5 Å². The highest BCUT2D eigenvalue weighted by Gasteiger charge is 2.42. The Bertz CT molecular complexity index is 688. The van der Waals surface area contributed by atoms with Crippen LogP contribution in [0, 0.1) is 11.8 Å². The van der Waals surface area contributed by atoms with Crippen molar-refractivity contribution in [1.82, 2.24) is 19.8 Å². The highest BCUT2D eigenvalue weighted by Crippen LogP contribution is 2.38. The van der Waals surface area contributed by atoms with Gasteiger partial charge in [-0.1, -0.05) is 30.3 Å². The molecule has 0 amide bonds. The van der Waals surface area contributed by atoms with Gasteiger partial charge < -0.3 is 5.32 Å². The van der Waals surface area contributed by atoms with Gasteiger partial charge in [-0.2, -0.15) is 8.78 Å². The maximum atomic E-state index is 12.9. The third-order valence-corrected chi connectivity index (χ3v) is 5.66. The Labute approximate surface area is 146 Å². The lowest BCUT2D eigenvalue weighted by Crippen LogP contribution is -2.36. The molecule has 1 saturated heterocycles. The monoisotopic (exact) mass is 346 g/mol. The standard InChI is InChI=1S/C19H24F2N4/c20-19(21)25-9-8-22-18(25)10-23-17-7-6-15-12-24(13-16(15)17)11-14-4-2-1-3-5-14/h1-5,8-9,15-17,19,23H,6-7,10-13H2. The molecule has 1 aromatic heterocycles. The summed E-state index contributed by atoms with van der Waals surface area (Å²) in [5.41, 5.74) is 1.35. The molecule has 4 nitrogen and oxygen atoms in total. The van der Waals surface area contributed by atoms with E-state index in [1.807, 2.05) is 6.07 Å². The third kappa shape index (κ3) is 3.60. The zero-order valence-electron chi connectivity index (χ0n) is 14.2. The molecule has 1 saturated carbocycles. The minimum absolute atomic E-state index is 0.397. The van der Waals surface area contributed by atoms with Gasteiger partial charge in [0, 0.05) is 38.1 Å². The van der Waals surface area contributed by atoms with E-state index in [9.17, 15) is 8.78 Å². The molecule has 4 rings (SSSR count). The quantitative estimate of drug-likeness (QED) is 0.871. The van der Waals surface area contributed by atoms with Gasteiger partial charge in [0.1, 0.15) is 5.82 Å². The SMILES string of the molecule is FC(F)n1ccnc1CNC1CCC2CN(Cc3ccccc3)CC21. The second-order valence-electron chi connectivity index (χ2n) is 7.20. The number of fused-ring (bicyclic) bond motifs is 1. The Balaban J connectivity index is 1.33. The molecule has 2 aromatic rings. The van der Waals surface area contributed by atoms with Crippen LogP contribution in [0.1, 0.15) is 30.8 Å². The van der Waals surface area contributed by atoms with Gasteiger partial charge in [0.2, 0.25) is 0 Å². The van der Waals surface area contributed by atoms with Crippen LogP contribution in [-0.4, -0.2) is 33.6 Å². The van der Waals surface area contributed by atoms with E-state index in [1.165, 1.54) is 24.4 Å². The Hall–Kier alpha value is -1.79. The van der Waals surface area contributed by atoms with Gasteiger partial charge in [-0.15, -0.1) is 0 Å². The molecular weight excluding hydrogens is 322 g/mol. The van der Waals surface area contributed by atoms with Gasteiger partial charge in [0.15, 0.2) is 0 Å². The highest BCUT2D eigenvalue weighted by atomic mass is 19.3. The summed E-state index contributed by atoms with van der Waals surface area (Å²) < 4.78 is 26.8. The lowest BCUT2D eigenvalue weighted by Gasteiger charge is -2.22. The van der Waals surface area contributed by atoms with Crippen LogP contribution in [0.25, 0.3) is 0 Å². The number of alkyl halides is 2. The topological polar surface area (TPSA) is 33.1 Å². The summed E-state index contributed by atoms with van der Waals surface area (Å²) in [5.74, 6) is 1.74. The Morgan fingerprint density at radius 1 is 1.16 bits per heavy atom. The van der Waals surface area contributed by atoms with E-state index < -0.39 is 6.55 Å². The third-order valence-electron chi connectivity index (χ3n) is 5.66. The molecule has 2 fully saturated rings. The summed E-state index contributed by atoms with van der Waals surface area (Å²) >= 11 is 0. The summed E-state index contributed by atoms with van der Waals surface area (Å²) in [4.78, 5) is 6.59. The molecule has 3 atom stereocenters. The predicted molar refractivity (Wildman–Crippen MR) is 92.0 cm³/mol. The first kappa shape index (κ1) is 16.7. The van der Waals surface area contributed by atoms with Crippen LogP contribution in [0.3, 0.4) is 0 Å². The van der Waals surface area contributed by atoms with Gasteiger partial charge in [-0.25, -0.2) is 4.98 Å². The van der Waals surface area contributed by atoms with E-state index in [2.05, 4.69) is 39.5 Å². The molecule has 2 aliphatic rings. The van der Waals surface area contributed by atoms with Crippen molar-refractivity contribution in [2.75, 3.05) is 13.1 Å². The largest absolute Gasteiger partial charge is 0.319 e. The number of hydrogen-bond donors (Lipinski definition) is 1. The predicted octanol–water partition coefficient (Wildman–Crippen LogP) is 3.28. The first-order valence-electron chi connectivity index (χ1n) is 9.00. The number of aromatic nitrogens is 2. The lowest BCUT2D eigenvalue weighted by atomic mass is 9.98. The molecule has 134 valence electrons. The second-order valence-corrected chi connectivity index (χ2v) is 7.20. The van der Waals surface area contributed by atoms with E-state index in [0.29, 0.717) is 24.3 Å². The number of rotatable bonds is 6. The molecule has 6 heteroatoms. The summed E-state index contributed by atoms with van der Waals surface area (Å²) in [5, 5.41) is 3.49. The number of nitrogens with one attached hydrogen (secondary N) is 1. The number of hydrogen-bond acceptors (Lipinski definition) is 3. The minimum atomic E-state index is -2.52. The Morgan fingerprint density at radius 3 is 2.80 bits per heavy atom. The molecule has 0 spiro atoms. The van der Waals surface area contributed by atoms with Crippen LogP contribution in [0.5, 0.6) is 0 Å².